The number of carbonyl (C=O) groups is 7. The number of ether oxygens (including phenoxy) is 5. The molecule has 3 fully saturated rings. The van der Waals surface area contributed by atoms with Crippen molar-refractivity contribution >= 4 is 41.7 Å². The van der Waals surface area contributed by atoms with Crippen LogP contribution in [0.15, 0.2) is 18.3 Å². The number of hydrogen-bond donors (Lipinski definition) is 3. The molecule has 73 heavy (non-hydrogen) atoms. The van der Waals surface area contributed by atoms with E-state index < -0.39 is 30.2 Å². The molecular weight excluding hydrogens is 945 g/mol. The molecule has 10 atom stereocenters. The van der Waals surface area contributed by atoms with Crippen molar-refractivity contribution in [3.05, 3.63) is 24.0 Å². The van der Waals surface area contributed by atoms with Crippen molar-refractivity contribution in [3.8, 4) is 0 Å². The molecule has 4 heterocycles. The fourth-order valence-electron chi connectivity index (χ4n) is 9.86. The second-order valence-corrected chi connectivity index (χ2v) is 19.3. The van der Waals surface area contributed by atoms with Crippen LogP contribution in [0.4, 0.5) is 0 Å². The minimum atomic E-state index is -0.615. The van der Waals surface area contributed by atoms with E-state index >= 15 is 0 Å². The lowest BCUT2D eigenvalue weighted by Gasteiger charge is -2.39. The first-order valence-corrected chi connectivity index (χ1v) is 26.2. The van der Waals surface area contributed by atoms with E-state index in [2.05, 4.69) is 45.0 Å². The molecule has 6 amide bonds. The molecule has 0 aromatic carbocycles. The molecule has 0 radical (unpaired) electrons. The van der Waals surface area contributed by atoms with E-state index in [-0.39, 0.29) is 73.0 Å². The van der Waals surface area contributed by atoms with Crippen LogP contribution in [-0.2, 0) is 70.3 Å². The molecule has 22 nitrogen and oxygen atoms in total. The highest BCUT2D eigenvalue weighted by molar-refractivity contribution is 6.12. The molecule has 5 rings (SSSR count). The average molecular weight is 1030 g/mol. The zero-order chi connectivity index (χ0) is 54.0. The molecule has 4 aliphatic rings. The van der Waals surface area contributed by atoms with Crippen LogP contribution in [0.5, 0.6) is 0 Å². The number of rotatable bonds is 30. The van der Waals surface area contributed by atoms with Gasteiger partial charge in [-0.1, -0.05) is 52.7 Å². The van der Waals surface area contributed by atoms with Crippen molar-refractivity contribution < 1.29 is 57.2 Å². The third kappa shape index (κ3) is 19.2. The number of imide groups is 1. The van der Waals surface area contributed by atoms with Crippen LogP contribution in [0, 0.1) is 17.8 Å². The largest absolute Gasteiger partial charge is 0.379 e. The number of likely N-dealkylation sites (tertiary alicyclic amines) is 2. The predicted octanol–water partition coefficient (Wildman–Crippen LogP) is 1.60. The van der Waals surface area contributed by atoms with Crippen molar-refractivity contribution in [1.82, 2.24) is 50.5 Å². The number of aromatic nitrogens is 3. The van der Waals surface area contributed by atoms with Crippen LogP contribution >= 0.6 is 0 Å². The molecule has 9 unspecified atom stereocenters. The molecule has 0 spiro atoms. The highest BCUT2D eigenvalue weighted by atomic mass is 16.5. The summed E-state index contributed by atoms with van der Waals surface area (Å²) in [4.78, 5) is 93.7. The molecule has 1 aromatic rings. The Morgan fingerprint density at radius 2 is 1.56 bits per heavy atom. The lowest BCUT2D eigenvalue weighted by atomic mass is 9.90. The third-order valence-corrected chi connectivity index (χ3v) is 14.0. The first kappa shape index (κ1) is 62.6. The average Bonchev–Trinajstić information content (AvgIpc) is 4.25. The van der Waals surface area contributed by atoms with Gasteiger partial charge in [0.1, 0.15) is 12.0 Å². The topological polar surface area (TPSA) is 245 Å². The maximum absolute atomic E-state index is 13.8. The van der Waals surface area contributed by atoms with Gasteiger partial charge in [-0.05, 0) is 65.0 Å². The standard InChI is InChI=1S/C32H55N5O7.C16H25N5O5.C3H8/c1-9-19(2)28(36(6)27(40)17-33-32(42)29-22-12-13-23(15-22)35(29)5)25(43-7)16-26(39)37-14-10-11-24(37)30(44-8)21(4)31(41)34-20(3)18-38;1-17-4-6-24-8-10-26-11-9-25-7-5-20-12-14(18-19-20)13-21-15(22)2-3-16(21)23;1-3-2/h18-25,28-30H,9-17H2,1-8H3,(H,33,42)(H,34,41);2-3,12,17H,4-11,13H2,1H3;3H2,1-2H3/t19?,20-,21?,22?,23?,24?,25?,28?,29?,30?;;/m0../s1. The second-order valence-electron chi connectivity index (χ2n) is 19.3. The summed E-state index contributed by atoms with van der Waals surface area (Å²) in [6, 6.07) is -1.05. The normalized spacial score (nSPS) is 21.6. The van der Waals surface area contributed by atoms with E-state index in [1.54, 1.807) is 48.7 Å². The Kier molecular flexibility index (Phi) is 28.5. The minimum absolute atomic E-state index is 0.0266. The van der Waals surface area contributed by atoms with E-state index in [0.717, 1.165) is 43.5 Å². The number of aldehydes is 1. The molecule has 414 valence electrons. The number of carbonyl (C=O) groups excluding carboxylic acids is 7. The molecule has 1 aliphatic carbocycles. The summed E-state index contributed by atoms with van der Waals surface area (Å²) in [7, 11) is 8.67. The van der Waals surface area contributed by atoms with E-state index in [1.807, 2.05) is 27.9 Å². The van der Waals surface area contributed by atoms with Crippen molar-refractivity contribution in [2.45, 2.75) is 148 Å². The molecule has 3 aliphatic heterocycles. The summed E-state index contributed by atoms with van der Waals surface area (Å²) >= 11 is 0. The smallest absolute Gasteiger partial charge is 0.253 e. The molecule has 3 N–H and O–H groups in total. The molecule has 2 bridgehead atoms. The van der Waals surface area contributed by atoms with Crippen LogP contribution in [-0.4, -0.2) is 213 Å². The Morgan fingerprint density at radius 1 is 0.918 bits per heavy atom. The highest BCUT2D eigenvalue weighted by Gasteiger charge is 2.47. The van der Waals surface area contributed by atoms with Crippen molar-refractivity contribution in [2.24, 2.45) is 17.8 Å². The number of fused-ring (bicyclic) bond motifs is 2. The summed E-state index contributed by atoms with van der Waals surface area (Å²) < 4.78 is 29.4. The molecular formula is C51H88N10O12. The van der Waals surface area contributed by atoms with Crippen molar-refractivity contribution in [2.75, 3.05) is 94.6 Å². The van der Waals surface area contributed by atoms with Gasteiger partial charge in [0.15, 0.2) is 0 Å². The summed E-state index contributed by atoms with van der Waals surface area (Å²) in [6.45, 7) is 16.8. The Hall–Kier alpha value is -4.71. The van der Waals surface area contributed by atoms with Gasteiger partial charge in [-0.2, -0.15) is 0 Å². The van der Waals surface area contributed by atoms with Crippen LogP contribution < -0.4 is 16.0 Å². The first-order chi connectivity index (χ1) is 35.0. The Balaban J connectivity index is 0.000000410. The summed E-state index contributed by atoms with van der Waals surface area (Å²) in [5, 5.41) is 16.5. The highest BCUT2D eigenvalue weighted by Crippen LogP contribution is 2.41. The number of nitrogens with one attached hydrogen (secondary N) is 3. The van der Waals surface area contributed by atoms with Gasteiger partial charge in [0, 0.05) is 52.6 Å². The fraction of sp³-hybridized carbons (Fsp3) is 0.784. The van der Waals surface area contributed by atoms with Gasteiger partial charge in [-0.3, -0.25) is 38.6 Å². The molecule has 2 saturated heterocycles. The number of piperidine rings is 1. The molecule has 1 saturated carbocycles. The van der Waals surface area contributed by atoms with Crippen LogP contribution in [0.3, 0.4) is 0 Å². The molecule has 1 aromatic heterocycles. The lowest BCUT2D eigenvalue weighted by molar-refractivity contribution is -0.146. The maximum atomic E-state index is 13.8. The number of amides is 6. The van der Waals surface area contributed by atoms with Gasteiger partial charge in [0.25, 0.3) is 11.8 Å². The number of nitrogens with zero attached hydrogens (tertiary/aromatic N) is 7. The Morgan fingerprint density at radius 3 is 2.14 bits per heavy atom. The third-order valence-electron chi connectivity index (χ3n) is 14.0. The van der Waals surface area contributed by atoms with Gasteiger partial charge in [0.2, 0.25) is 23.6 Å². The van der Waals surface area contributed by atoms with Crippen LogP contribution in [0.1, 0.15) is 98.6 Å². The van der Waals surface area contributed by atoms with Gasteiger partial charge in [0.05, 0.1) is 114 Å². The van der Waals surface area contributed by atoms with E-state index in [4.69, 9.17) is 23.7 Å². The summed E-state index contributed by atoms with van der Waals surface area (Å²) in [6.07, 6.45) is 10.5. The SMILES string of the molecule is CCC.CCC(C)C(C(CC(=O)N1CCCC1C(OC)C(C)C(=O)N[C@@H](C)C=O)OC)N(C)C(=O)CNC(=O)C1C2CCC(C2)N1C.CNCCOCCOCCOCCn1cc(CN2C(=O)C=CC2=O)nn1. The zero-order valence-corrected chi connectivity index (χ0v) is 45.5. The van der Waals surface area contributed by atoms with Crippen molar-refractivity contribution in [3.63, 3.8) is 0 Å². The lowest BCUT2D eigenvalue weighted by Crippen LogP contribution is -2.55. The summed E-state index contributed by atoms with van der Waals surface area (Å²) in [5.41, 5.74) is 0.553. The van der Waals surface area contributed by atoms with Crippen LogP contribution in [0.25, 0.3) is 0 Å². The molecule has 22 heteroatoms. The fourth-order valence-corrected chi connectivity index (χ4v) is 9.86. The monoisotopic (exact) mass is 1030 g/mol. The number of methoxy groups -OCH3 is 2. The van der Waals surface area contributed by atoms with E-state index in [9.17, 15) is 33.6 Å². The summed E-state index contributed by atoms with van der Waals surface area (Å²) in [5.74, 6) is -1.63. The quantitative estimate of drug-likeness (QED) is 0.0563. The van der Waals surface area contributed by atoms with E-state index in [1.165, 1.54) is 25.7 Å². The van der Waals surface area contributed by atoms with Crippen LogP contribution in [0.2, 0.25) is 0 Å². The van der Waals surface area contributed by atoms with Gasteiger partial charge < -0.3 is 54.2 Å². The number of hydrogen-bond acceptors (Lipinski definition) is 16. The van der Waals surface area contributed by atoms with Crippen molar-refractivity contribution in [1.29, 1.82) is 0 Å². The minimum Gasteiger partial charge on any atom is -0.379 e. The maximum Gasteiger partial charge on any atom is 0.253 e. The second kappa shape index (κ2) is 33.3. The van der Waals surface area contributed by atoms with Gasteiger partial charge >= 0.3 is 0 Å². The predicted molar refractivity (Wildman–Crippen MR) is 273 cm³/mol. The first-order valence-electron chi connectivity index (χ1n) is 26.2. The van der Waals surface area contributed by atoms with Gasteiger partial charge in [-0.15, -0.1) is 5.10 Å². The number of likely N-dealkylation sites (N-methyl/N-ethyl adjacent to an activating group) is 3. The van der Waals surface area contributed by atoms with E-state index in [0.29, 0.717) is 83.1 Å². The van der Waals surface area contributed by atoms with Gasteiger partial charge in [-0.25, -0.2) is 4.68 Å². The Bertz CT molecular complexity index is 1880. The zero-order valence-electron chi connectivity index (χ0n) is 45.5. The Labute approximate surface area is 433 Å².